The van der Waals surface area contributed by atoms with Gasteiger partial charge in [0.2, 0.25) is 5.95 Å². The van der Waals surface area contributed by atoms with Gasteiger partial charge in [-0.05, 0) is 24.3 Å². The Morgan fingerprint density at radius 1 is 1.12 bits per heavy atom. The quantitative estimate of drug-likeness (QED) is 0.661. The monoisotopic (exact) mass is 401 g/mol. The summed E-state index contributed by atoms with van der Waals surface area (Å²) in [6.45, 7) is 0.607. The Hall–Kier alpha value is -2.47. The minimum absolute atomic E-state index is 0.607. The first-order valence-corrected chi connectivity index (χ1v) is 8.64. The zero-order valence-electron chi connectivity index (χ0n) is 14.4. The van der Waals surface area contributed by atoms with E-state index in [0.29, 0.717) is 6.54 Å². The maximum atomic E-state index is 5.44. The number of anilines is 1. The number of ether oxygens (including phenoxy) is 2. The van der Waals surface area contributed by atoms with Crippen LogP contribution in [0.15, 0.2) is 53.1 Å². The number of benzene rings is 2. The van der Waals surface area contributed by atoms with Gasteiger partial charge in [0, 0.05) is 35.3 Å². The first kappa shape index (κ1) is 17.4. The van der Waals surface area contributed by atoms with Gasteiger partial charge >= 0.3 is 0 Å². The molecule has 0 radical (unpaired) electrons. The van der Waals surface area contributed by atoms with Crippen LogP contribution in [0.25, 0.3) is 11.3 Å². The minimum Gasteiger partial charge on any atom is -0.497 e. The summed E-state index contributed by atoms with van der Waals surface area (Å²) >= 11 is 3.51. The predicted octanol–water partition coefficient (Wildman–Crippen LogP) is 4.48. The molecule has 3 rings (SSSR count). The standard InChI is InChI=1S/C19H20BrN3O2/c1-23-17(13-5-4-6-15(20)9-13)12-22-19(23)21-11-14-7-8-16(24-2)10-18(14)25-3/h4-10,12H,11H2,1-3H3,(H,21,22). The molecule has 0 saturated carbocycles. The second kappa shape index (κ2) is 7.61. The average Bonchev–Trinajstić information content (AvgIpc) is 3.00. The fourth-order valence-electron chi connectivity index (χ4n) is 2.66. The molecule has 0 aliphatic carbocycles. The number of nitrogens with zero attached hydrogens (tertiary/aromatic N) is 2. The third-order valence-electron chi connectivity index (χ3n) is 4.04. The van der Waals surface area contributed by atoms with Gasteiger partial charge in [-0.25, -0.2) is 4.98 Å². The summed E-state index contributed by atoms with van der Waals surface area (Å²) < 4.78 is 13.8. The summed E-state index contributed by atoms with van der Waals surface area (Å²) in [5, 5.41) is 3.37. The summed E-state index contributed by atoms with van der Waals surface area (Å²) in [6, 6.07) is 14.0. The van der Waals surface area contributed by atoms with Crippen molar-refractivity contribution in [3.63, 3.8) is 0 Å². The molecule has 0 fully saturated rings. The number of imidazole rings is 1. The summed E-state index contributed by atoms with van der Waals surface area (Å²) in [6.07, 6.45) is 1.87. The van der Waals surface area contributed by atoms with Crippen LogP contribution in [0.1, 0.15) is 5.56 Å². The molecule has 0 bridgehead atoms. The Balaban J connectivity index is 1.79. The second-order valence-corrected chi connectivity index (χ2v) is 6.48. The molecular formula is C19H20BrN3O2. The van der Waals surface area contributed by atoms with Gasteiger partial charge in [-0.2, -0.15) is 0 Å². The van der Waals surface area contributed by atoms with E-state index in [2.05, 4.69) is 38.4 Å². The second-order valence-electron chi connectivity index (χ2n) is 5.57. The molecule has 130 valence electrons. The van der Waals surface area contributed by atoms with Crippen molar-refractivity contribution in [2.24, 2.45) is 7.05 Å². The number of hydrogen-bond acceptors (Lipinski definition) is 4. The summed E-state index contributed by atoms with van der Waals surface area (Å²) in [5.74, 6) is 2.36. The molecule has 1 heterocycles. The fourth-order valence-corrected chi connectivity index (χ4v) is 3.06. The molecule has 0 amide bonds. The van der Waals surface area contributed by atoms with Crippen LogP contribution in [-0.4, -0.2) is 23.8 Å². The number of aromatic nitrogens is 2. The minimum atomic E-state index is 0.607. The lowest BCUT2D eigenvalue weighted by Gasteiger charge is -2.12. The molecule has 0 spiro atoms. The van der Waals surface area contributed by atoms with Gasteiger partial charge in [0.1, 0.15) is 11.5 Å². The van der Waals surface area contributed by atoms with Crippen LogP contribution in [0.4, 0.5) is 5.95 Å². The fraction of sp³-hybridized carbons (Fsp3) is 0.211. The van der Waals surface area contributed by atoms with E-state index < -0.39 is 0 Å². The van der Waals surface area contributed by atoms with Crippen LogP contribution < -0.4 is 14.8 Å². The molecule has 5 nitrogen and oxygen atoms in total. The summed E-state index contributed by atoms with van der Waals surface area (Å²) in [5.41, 5.74) is 3.19. The van der Waals surface area contributed by atoms with Crippen LogP contribution in [0.5, 0.6) is 11.5 Å². The van der Waals surface area contributed by atoms with Gasteiger partial charge in [0.05, 0.1) is 26.1 Å². The number of methoxy groups -OCH3 is 2. The third-order valence-corrected chi connectivity index (χ3v) is 4.53. The van der Waals surface area contributed by atoms with Crippen molar-refractivity contribution in [3.8, 4) is 22.8 Å². The number of nitrogens with one attached hydrogen (secondary N) is 1. The molecular weight excluding hydrogens is 382 g/mol. The molecule has 0 aliphatic heterocycles. The molecule has 2 aromatic carbocycles. The van der Waals surface area contributed by atoms with Crippen LogP contribution in [0, 0.1) is 0 Å². The van der Waals surface area contributed by atoms with E-state index >= 15 is 0 Å². The number of rotatable bonds is 6. The van der Waals surface area contributed by atoms with Gasteiger partial charge in [-0.1, -0.05) is 28.1 Å². The zero-order chi connectivity index (χ0) is 17.8. The lowest BCUT2D eigenvalue weighted by molar-refractivity contribution is 0.391. The van der Waals surface area contributed by atoms with Crippen molar-refractivity contribution in [1.29, 1.82) is 0 Å². The van der Waals surface area contributed by atoms with E-state index in [1.165, 1.54) is 0 Å². The Kier molecular flexibility index (Phi) is 5.28. The number of halogens is 1. The first-order chi connectivity index (χ1) is 12.1. The van der Waals surface area contributed by atoms with Gasteiger partial charge < -0.3 is 19.4 Å². The van der Waals surface area contributed by atoms with Crippen molar-refractivity contribution >= 4 is 21.9 Å². The number of hydrogen-bond donors (Lipinski definition) is 1. The molecule has 0 aliphatic rings. The van der Waals surface area contributed by atoms with Gasteiger partial charge in [0.25, 0.3) is 0 Å². The van der Waals surface area contributed by atoms with Crippen molar-refractivity contribution in [2.45, 2.75) is 6.54 Å². The molecule has 6 heteroatoms. The van der Waals surface area contributed by atoms with Crippen LogP contribution in [0.3, 0.4) is 0 Å². The average molecular weight is 402 g/mol. The normalized spacial score (nSPS) is 10.6. The maximum Gasteiger partial charge on any atom is 0.203 e. The highest BCUT2D eigenvalue weighted by atomic mass is 79.9. The SMILES string of the molecule is COc1ccc(CNc2ncc(-c3cccc(Br)c3)n2C)c(OC)c1. The Labute approximate surface area is 155 Å². The smallest absolute Gasteiger partial charge is 0.203 e. The third kappa shape index (κ3) is 3.79. The summed E-state index contributed by atoms with van der Waals surface area (Å²) in [4.78, 5) is 4.50. The van der Waals surface area contributed by atoms with Gasteiger partial charge in [0.15, 0.2) is 0 Å². The molecule has 0 unspecified atom stereocenters. The topological polar surface area (TPSA) is 48.3 Å². The van der Waals surface area contributed by atoms with E-state index in [0.717, 1.165) is 38.7 Å². The Bertz CT molecular complexity index is 877. The van der Waals surface area contributed by atoms with Crippen molar-refractivity contribution in [1.82, 2.24) is 9.55 Å². The van der Waals surface area contributed by atoms with Gasteiger partial charge in [-0.3, -0.25) is 0 Å². The van der Waals surface area contributed by atoms with E-state index in [1.54, 1.807) is 14.2 Å². The van der Waals surface area contributed by atoms with E-state index in [9.17, 15) is 0 Å². The van der Waals surface area contributed by atoms with Crippen molar-refractivity contribution in [2.75, 3.05) is 19.5 Å². The van der Waals surface area contributed by atoms with Crippen molar-refractivity contribution < 1.29 is 9.47 Å². The highest BCUT2D eigenvalue weighted by molar-refractivity contribution is 9.10. The summed E-state index contributed by atoms with van der Waals surface area (Å²) in [7, 11) is 5.30. The van der Waals surface area contributed by atoms with Crippen LogP contribution in [-0.2, 0) is 13.6 Å². The molecule has 0 atom stereocenters. The van der Waals surface area contributed by atoms with E-state index in [4.69, 9.17) is 9.47 Å². The first-order valence-electron chi connectivity index (χ1n) is 7.85. The van der Waals surface area contributed by atoms with Crippen LogP contribution >= 0.6 is 15.9 Å². The lowest BCUT2D eigenvalue weighted by atomic mass is 10.2. The van der Waals surface area contributed by atoms with Crippen LogP contribution in [0.2, 0.25) is 0 Å². The Morgan fingerprint density at radius 3 is 2.68 bits per heavy atom. The van der Waals surface area contributed by atoms with E-state index in [-0.39, 0.29) is 0 Å². The highest BCUT2D eigenvalue weighted by Gasteiger charge is 2.10. The molecule has 25 heavy (non-hydrogen) atoms. The molecule has 1 N–H and O–H groups in total. The zero-order valence-corrected chi connectivity index (χ0v) is 16.0. The highest BCUT2D eigenvalue weighted by Crippen LogP contribution is 2.27. The van der Waals surface area contributed by atoms with Gasteiger partial charge in [-0.15, -0.1) is 0 Å². The molecule has 0 saturated heterocycles. The van der Waals surface area contributed by atoms with E-state index in [1.807, 2.05) is 48.1 Å². The molecule has 3 aromatic rings. The molecule has 1 aromatic heterocycles. The largest absolute Gasteiger partial charge is 0.497 e. The Morgan fingerprint density at radius 2 is 1.96 bits per heavy atom. The maximum absolute atomic E-state index is 5.44. The van der Waals surface area contributed by atoms with Crippen molar-refractivity contribution in [3.05, 3.63) is 58.7 Å². The lowest BCUT2D eigenvalue weighted by Crippen LogP contribution is -2.07. The predicted molar refractivity (Wildman–Crippen MR) is 103 cm³/mol.